The van der Waals surface area contributed by atoms with Gasteiger partial charge in [0.1, 0.15) is 0 Å². The Labute approximate surface area is 141 Å². The molecule has 0 fully saturated rings. The quantitative estimate of drug-likeness (QED) is 0.162. The van der Waals surface area contributed by atoms with E-state index >= 15 is 0 Å². The zero-order valence-electron chi connectivity index (χ0n) is 15.6. The second kappa shape index (κ2) is 25.2. The normalized spacial score (nSPS) is 11.0. The standard InChI is InChI=1S/C20H38.C2H4/c1-3-5-7-9-11-13-15-17-19-20-18-16-14-12-10-8-6-4-2;1-2/h13,15,17,19H,3-12,14,16,18,20H2,1-2H3;1-2H2. The Hall–Kier alpha value is -0.780. The summed E-state index contributed by atoms with van der Waals surface area (Å²) in [5.74, 6) is 0. The topological polar surface area (TPSA) is 0 Å². The fourth-order valence-corrected chi connectivity index (χ4v) is 2.43. The van der Waals surface area contributed by atoms with Crippen molar-refractivity contribution in [1.82, 2.24) is 0 Å². The average Bonchev–Trinajstić information content (AvgIpc) is 2.56. The van der Waals surface area contributed by atoms with Crippen LogP contribution in [0.5, 0.6) is 0 Å². The van der Waals surface area contributed by atoms with E-state index < -0.39 is 0 Å². The lowest BCUT2D eigenvalue weighted by atomic mass is 10.1. The molecule has 0 N–H and O–H groups in total. The van der Waals surface area contributed by atoms with Crippen molar-refractivity contribution in [2.75, 3.05) is 0 Å². The smallest absolute Gasteiger partial charge is 0.0348 e. The molecule has 0 amide bonds. The molecule has 0 aromatic rings. The lowest BCUT2D eigenvalue weighted by molar-refractivity contribution is 0.577. The summed E-state index contributed by atoms with van der Waals surface area (Å²) in [6.07, 6.45) is 28.4. The van der Waals surface area contributed by atoms with E-state index in [1.54, 1.807) is 0 Å². The van der Waals surface area contributed by atoms with Crippen molar-refractivity contribution in [2.24, 2.45) is 0 Å². The van der Waals surface area contributed by atoms with Crippen molar-refractivity contribution < 1.29 is 0 Å². The Balaban J connectivity index is 0. The van der Waals surface area contributed by atoms with Crippen molar-refractivity contribution in [3.05, 3.63) is 37.5 Å². The molecule has 0 radical (unpaired) electrons. The number of hydrogen-bond acceptors (Lipinski definition) is 0. The van der Waals surface area contributed by atoms with E-state index in [1.165, 1.54) is 89.9 Å². The molecule has 0 heteroatoms. The van der Waals surface area contributed by atoms with Crippen LogP contribution in [0.3, 0.4) is 0 Å². The molecule has 0 spiro atoms. The largest absolute Gasteiger partial charge is 0.106 e. The predicted octanol–water partition coefficient (Wildman–Crippen LogP) is 8.40. The van der Waals surface area contributed by atoms with Crippen molar-refractivity contribution in [2.45, 2.75) is 104 Å². The molecule has 130 valence electrons. The summed E-state index contributed by atoms with van der Waals surface area (Å²) in [7, 11) is 0. The van der Waals surface area contributed by atoms with E-state index in [0.29, 0.717) is 0 Å². The molecular weight excluding hydrogens is 264 g/mol. The number of unbranched alkanes of at least 4 members (excludes halogenated alkanes) is 12. The van der Waals surface area contributed by atoms with Gasteiger partial charge in [-0.05, 0) is 25.7 Å². The third-order valence-electron chi connectivity index (χ3n) is 3.83. The van der Waals surface area contributed by atoms with Crippen LogP contribution in [0, 0.1) is 0 Å². The van der Waals surface area contributed by atoms with E-state index in [1.807, 2.05) is 0 Å². The van der Waals surface area contributed by atoms with Gasteiger partial charge >= 0.3 is 0 Å². The Morgan fingerprint density at radius 3 is 1.23 bits per heavy atom. The Bertz CT molecular complexity index is 224. The summed E-state index contributed by atoms with van der Waals surface area (Å²) >= 11 is 0. The van der Waals surface area contributed by atoms with Crippen LogP contribution in [0.25, 0.3) is 0 Å². The molecule has 0 rings (SSSR count). The molecule has 22 heavy (non-hydrogen) atoms. The zero-order chi connectivity index (χ0) is 16.7. The highest BCUT2D eigenvalue weighted by molar-refractivity contribution is 5.02. The molecule has 0 aliphatic rings. The molecule has 0 heterocycles. The van der Waals surface area contributed by atoms with Gasteiger partial charge in [-0.1, -0.05) is 102 Å². The maximum absolute atomic E-state index is 3.00. The Kier molecular flexibility index (Phi) is 26.9. The van der Waals surface area contributed by atoms with Gasteiger partial charge in [-0.2, -0.15) is 0 Å². The molecule has 0 aliphatic heterocycles. The molecule has 0 saturated heterocycles. The van der Waals surface area contributed by atoms with Gasteiger partial charge in [-0.3, -0.25) is 0 Å². The fourth-order valence-electron chi connectivity index (χ4n) is 2.43. The monoisotopic (exact) mass is 306 g/mol. The number of hydrogen-bond donors (Lipinski definition) is 0. The highest BCUT2D eigenvalue weighted by atomic mass is 14.0. The lowest BCUT2D eigenvalue weighted by Gasteiger charge is -1.99. The van der Waals surface area contributed by atoms with Crippen molar-refractivity contribution in [1.29, 1.82) is 0 Å². The minimum absolute atomic E-state index is 1.25. The van der Waals surface area contributed by atoms with Crippen LogP contribution >= 0.6 is 0 Å². The molecule has 0 aromatic carbocycles. The van der Waals surface area contributed by atoms with Crippen molar-refractivity contribution in [3.63, 3.8) is 0 Å². The van der Waals surface area contributed by atoms with Gasteiger partial charge in [0.05, 0.1) is 0 Å². The van der Waals surface area contributed by atoms with Crippen LogP contribution in [0.4, 0.5) is 0 Å². The maximum atomic E-state index is 3.00. The summed E-state index contributed by atoms with van der Waals surface area (Å²) in [5.41, 5.74) is 0. The maximum Gasteiger partial charge on any atom is -0.0348 e. The first-order valence-corrected chi connectivity index (χ1v) is 9.73. The molecule has 0 unspecified atom stereocenters. The summed E-state index contributed by atoms with van der Waals surface area (Å²) in [5, 5.41) is 0. The van der Waals surface area contributed by atoms with Gasteiger partial charge in [-0.15, -0.1) is 13.2 Å². The molecule has 0 aromatic heterocycles. The Morgan fingerprint density at radius 2 is 0.818 bits per heavy atom. The van der Waals surface area contributed by atoms with Gasteiger partial charge in [0.2, 0.25) is 0 Å². The second-order valence-electron chi connectivity index (χ2n) is 5.97. The van der Waals surface area contributed by atoms with Crippen LogP contribution in [0.15, 0.2) is 37.5 Å². The summed E-state index contributed by atoms with van der Waals surface area (Å²) < 4.78 is 0. The highest BCUT2D eigenvalue weighted by Crippen LogP contribution is 2.09. The summed E-state index contributed by atoms with van der Waals surface area (Å²) in [6.45, 7) is 10.6. The summed E-state index contributed by atoms with van der Waals surface area (Å²) in [4.78, 5) is 0. The average molecular weight is 307 g/mol. The van der Waals surface area contributed by atoms with E-state index in [4.69, 9.17) is 0 Å². The number of allylic oxidation sites excluding steroid dienone is 4. The molecular formula is C22H42. The van der Waals surface area contributed by atoms with Gasteiger partial charge in [0.25, 0.3) is 0 Å². The zero-order valence-corrected chi connectivity index (χ0v) is 15.6. The summed E-state index contributed by atoms with van der Waals surface area (Å²) in [6, 6.07) is 0. The molecule has 0 saturated carbocycles. The number of rotatable bonds is 15. The fraction of sp³-hybridized carbons (Fsp3) is 0.727. The second-order valence-corrected chi connectivity index (χ2v) is 5.97. The van der Waals surface area contributed by atoms with E-state index in [2.05, 4.69) is 51.3 Å². The molecule has 0 aliphatic carbocycles. The van der Waals surface area contributed by atoms with Crippen LogP contribution in [-0.4, -0.2) is 0 Å². The van der Waals surface area contributed by atoms with E-state index in [-0.39, 0.29) is 0 Å². The van der Waals surface area contributed by atoms with E-state index in [9.17, 15) is 0 Å². The van der Waals surface area contributed by atoms with Gasteiger partial charge in [0.15, 0.2) is 0 Å². The van der Waals surface area contributed by atoms with Crippen LogP contribution in [-0.2, 0) is 0 Å². The van der Waals surface area contributed by atoms with Crippen LogP contribution in [0.2, 0.25) is 0 Å². The van der Waals surface area contributed by atoms with Gasteiger partial charge in [-0.25, -0.2) is 0 Å². The van der Waals surface area contributed by atoms with Gasteiger partial charge in [0, 0.05) is 0 Å². The minimum Gasteiger partial charge on any atom is -0.106 e. The minimum atomic E-state index is 1.25. The first kappa shape index (κ1) is 23.5. The van der Waals surface area contributed by atoms with Crippen LogP contribution in [0.1, 0.15) is 104 Å². The third-order valence-corrected chi connectivity index (χ3v) is 3.83. The van der Waals surface area contributed by atoms with Gasteiger partial charge < -0.3 is 0 Å². The highest BCUT2D eigenvalue weighted by Gasteiger charge is 1.90. The van der Waals surface area contributed by atoms with E-state index in [0.717, 1.165) is 0 Å². The third kappa shape index (κ3) is 24.3. The SMILES string of the molecule is C=C.CCCCCCC=CC=CCCCCCCCCCC. The molecule has 0 nitrogen and oxygen atoms in total. The lowest BCUT2D eigenvalue weighted by Crippen LogP contribution is -1.79. The predicted molar refractivity (Wildman–Crippen MR) is 106 cm³/mol. The first-order valence-electron chi connectivity index (χ1n) is 9.73. The van der Waals surface area contributed by atoms with Crippen molar-refractivity contribution >= 4 is 0 Å². The first-order chi connectivity index (χ1) is 10.9. The van der Waals surface area contributed by atoms with Crippen LogP contribution < -0.4 is 0 Å². The van der Waals surface area contributed by atoms with Crippen molar-refractivity contribution in [3.8, 4) is 0 Å². The molecule has 0 atom stereocenters. The Morgan fingerprint density at radius 1 is 0.500 bits per heavy atom. The molecule has 0 bridgehead atoms.